The molecule has 0 radical (unpaired) electrons. The molecule has 2 aromatic rings. The van der Waals surface area contributed by atoms with E-state index in [9.17, 15) is 14.4 Å². The molecule has 0 spiro atoms. The highest BCUT2D eigenvalue weighted by molar-refractivity contribution is 6.30. The van der Waals surface area contributed by atoms with E-state index in [1.165, 1.54) is 4.90 Å². The predicted octanol–water partition coefficient (Wildman–Crippen LogP) is 3.74. The summed E-state index contributed by atoms with van der Waals surface area (Å²) in [7, 11) is 1.61. The van der Waals surface area contributed by atoms with Crippen molar-refractivity contribution >= 4 is 35.1 Å². The van der Waals surface area contributed by atoms with Gasteiger partial charge < -0.3 is 20.1 Å². The summed E-state index contributed by atoms with van der Waals surface area (Å²) in [5, 5.41) is 6.02. The Labute approximate surface area is 203 Å². The van der Waals surface area contributed by atoms with Crippen LogP contribution in [0.4, 0.5) is 10.5 Å². The van der Waals surface area contributed by atoms with Crippen molar-refractivity contribution in [2.75, 3.05) is 32.2 Å². The van der Waals surface area contributed by atoms with Gasteiger partial charge in [-0.1, -0.05) is 29.8 Å². The number of nitrogens with zero attached hydrogens (tertiary/aromatic N) is 1. The summed E-state index contributed by atoms with van der Waals surface area (Å²) >= 11 is 5.95. The van der Waals surface area contributed by atoms with Crippen LogP contribution in [-0.2, 0) is 19.7 Å². The van der Waals surface area contributed by atoms with Gasteiger partial charge in [0.25, 0.3) is 5.91 Å². The lowest BCUT2D eigenvalue weighted by molar-refractivity contribution is -0.128. The minimum absolute atomic E-state index is 0.0918. The highest BCUT2D eigenvalue weighted by Crippen LogP contribution is 2.37. The number of methoxy groups -OCH3 is 1. The van der Waals surface area contributed by atoms with E-state index >= 15 is 0 Å². The van der Waals surface area contributed by atoms with Crippen molar-refractivity contribution in [3.8, 4) is 5.75 Å². The van der Waals surface area contributed by atoms with Crippen molar-refractivity contribution in [1.29, 1.82) is 0 Å². The van der Waals surface area contributed by atoms with Gasteiger partial charge in [0, 0.05) is 42.3 Å². The number of nitrogens with one attached hydrogen (secondary N) is 2. The van der Waals surface area contributed by atoms with Crippen molar-refractivity contribution in [1.82, 2.24) is 10.2 Å². The van der Waals surface area contributed by atoms with Gasteiger partial charge in [-0.15, -0.1) is 0 Å². The van der Waals surface area contributed by atoms with E-state index in [4.69, 9.17) is 21.1 Å². The van der Waals surface area contributed by atoms with Crippen LogP contribution in [0.25, 0.3) is 0 Å². The van der Waals surface area contributed by atoms with Gasteiger partial charge in [0.2, 0.25) is 5.91 Å². The summed E-state index contributed by atoms with van der Waals surface area (Å²) in [5.74, 6) is 0.193. The Morgan fingerprint density at radius 1 is 1.21 bits per heavy atom. The number of amides is 4. The van der Waals surface area contributed by atoms with Gasteiger partial charge in [0.15, 0.2) is 0 Å². The third-order valence-electron chi connectivity index (χ3n) is 6.49. The zero-order valence-electron chi connectivity index (χ0n) is 19.0. The van der Waals surface area contributed by atoms with Crippen LogP contribution < -0.4 is 15.4 Å². The fourth-order valence-corrected chi connectivity index (χ4v) is 4.73. The molecule has 2 aromatic carbocycles. The van der Waals surface area contributed by atoms with Crippen LogP contribution in [-0.4, -0.2) is 55.7 Å². The average Bonchev–Trinajstić information content (AvgIpc) is 3.11. The second-order valence-electron chi connectivity index (χ2n) is 8.64. The second-order valence-corrected chi connectivity index (χ2v) is 9.08. The number of rotatable bonds is 8. The van der Waals surface area contributed by atoms with Gasteiger partial charge in [-0.05, 0) is 55.2 Å². The molecule has 1 atom stereocenters. The van der Waals surface area contributed by atoms with Crippen LogP contribution in [0.3, 0.4) is 0 Å². The van der Waals surface area contributed by atoms with E-state index in [0.717, 1.165) is 11.3 Å². The lowest BCUT2D eigenvalue weighted by Crippen LogP contribution is -2.47. The molecular formula is C25H28ClN3O5. The number of halogens is 1. The Balaban J connectivity index is 1.41. The molecule has 0 aliphatic carbocycles. The van der Waals surface area contributed by atoms with Crippen LogP contribution in [0.2, 0.25) is 5.02 Å². The first-order valence-corrected chi connectivity index (χ1v) is 11.7. The molecular weight excluding hydrogens is 458 g/mol. The number of carbonyl (C=O) groups is 3. The summed E-state index contributed by atoms with van der Waals surface area (Å²) in [6.45, 7) is 1.38. The van der Waals surface area contributed by atoms with E-state index in [2.05, 4.69) is 10.6 Å². The topological polar surface area (TPSA) is 97.0 Å². The van der Waals surface area contributed by atoms with Gasteiger partial charge >= 0.3 is 6.03 Å². The van der Waals surface area contributed by atoms with Gasteiger partial charge in [0.1, 0.15) is 11.8 Å². The van der Waals surface area contributed by atoms with E-state index in [1.807, 2.05) is 24.3 Å². The minimum Gasteiger partial charge on any atom is -0.497 e. The monoisotopic (exact) mass is 485 g/mol. The number of imide groups is 1. The molecule has 2 N–H and O–H groups in total. The standard InChI is InChI=1S/C25H28ClN3O5/c1-33-20-7-5-17(6-8-20)25(11-13-34-14-12-25)16-29-23(31)21(28-24(29)32)9-10-22(30)27-19-4-2-3-18(26)15-19/h2-8,15,21H,9-14,16H2,1H3,(H,27,30)(H,28,32)/t21-/m1/s1. The molecule has 4 amide bonds. The molecule has 2 aliphatic rings. The predicted molar refractivity (Wildman–Crippen MR) is 128 cm³/mol. The molecule has 0 aromatic heterocycles. The van der Waals surface area contributed by atoms with Gasteiger partial charge in [-0.25, -0.2) is 4.79 Å². The summed E-state index contributed by atoms with van der Waals surface area (Å²) in [5.41, 5.74) is 1.24. The smallest absolute Gasteiger partial charge is 0.324 e. The van der Waals surface area contributed by atoms with Crippen LogP contribution >= 0.6 is 11.6 Å². The van der Waals surface area contributed by atoms with Crippen molar-refractivity contribution in [2.24, 2.45) is 0 Å². The lowest BCUT2D eigenvalue weighted by Gasteiger charge is -2.39. The molecule has 8 nitrogen and oxygen atoms in total. The van der Waals surface area contributed by atoms with Crippen LogP contribution in [0.15, 0.2) is 48.5 Å². The zero-order chi connectivity index (χ0) is 24.1. The number of urea groups is 1. The zero-order valence-corrected chi connectivity index (χ0v) is 19.8. The third-order valence-corrected chi connectivity index (χ3v) is 6.72. The number of ether oxygens (including phenoxy) is 2. The first kappa shape index (κ1) is 24.0. The van der Waals surface area contributed by atoms with Crippen LogP contribution in [0.5, 0.6) is 5.75 Å². The second kappa shape index (κ2) is 10.4. The highest BCUT2D eigenvalue weighted by atomic mass is 35.5. The Hall–Kier alpha value is -3.10. The number of hydrogen-bond donors (Lipinski definition) is 2. The molecule has 0 unspecified atom stereocenters. The summed E-state index contributed by atoms with van der Waals surface area (Å²) < 4.78 is 10.8. The largest absolute Gasteiger partial charge is 0.497 e. The Morgan fingerprint density at radius 2 is 1.94 bits per heavy atom. The van der Waals surface area contributed by atoms with Crippen molar-refractivity contribution < 1.29 is 23.9 Å². The maximum Gasteiger partial charge on any atom is 0.324 e. The summed E-state index contributed by atoms with van der Waals surface area (Å²) in [6.07, 6.45) is 1.70. The van der Waals surface area contributed by atoms with Crippen molar-refractivity contribution in [3.63, 3.8) is 0 Å². The molecule has 2 heterocycles. The van der Waals surface area contributed by atoms with E-state index in [0.29, 0.717) is 36.8 Å². The number of carbonyl (C=O) groups excluding carboxylic acids is 3. The van der Waals surface area contributed by atoms with Gasteiger partial charge in [0.05, 0.1) is 7.11 Å². The number of anilines is 1. The molecule has 180 valence electrons. The Morgan fingerprint density at radius 3 is 2.62 bits per heavy atom. The van der Waals surface area contributed by atoms with Gasteiger partial charge in [-0.2, -0.15) is 0 Å². The van der Waals surface area contributed by atoms with Crippen LogP contribution in [0, 0.1) is 0 Å². The van der Waals surface area contributed by atoms with Crippen LogP contribution in [0.1, 0.15) is 31.2 Å². The van der Waals surface area contributed by atoms with E-state index in [-0.39, 0.29) is 31.2 Å². The van der Waals surface area contributed by atoms with Gasteiger partial charge in [-0.3, -0.25) is 14.5 Å². The normalized spacial score (nSPS) is 19.6. The molecule has 2 fully saturated rings. The average molecular weight is 486 g/mol. The molecule has 2 saturated heterocycles. The molecule has 2 aliphatic heterocycles. The lowest BCUT2D eigenvalue weighted by atomic mass is 9.73. The molecule has 34 heavy (non-hydrogen) atoms. The fraction of sp³-hybridized carbons (Fsp3) is 0.400. The van der Waals surface area contributed by atoms with Crippen molar-refractivity contribution in [3.05, 3.63) is 59.1 Å². The molecule has 0 bridgehead atoms. The SMILES string of the molecule is COc1ccc(C2(CN3C(=O)N[C@H](CCC(=O)Nc4cccc(Cl)c4)C3=O)CCOCC2)cc1. The maximum atomic E-state index is 13.1. The van der Waals surface area contributed by atoms with E-state index < -0.39 is 17.5 Å². The third kappa shape index (κ3) is 5.34. The molecule has 0 saturated carbocycles. The summed E-state index contributed by atoms with van der Waals surface area (Å²) in [6, 6.07) is 13.4. The number of hydrogen-bond acceptors (Lipinski definition) is 5. The minimum atomic E-state index is -0.731. The number of benzene rings is 2. The summed E-state index contributed by atoms with van der Waals surface area (Å²) in [4.78, 5) is 39.5. The molecule has 9 heteroatoms. The maximum absolute atomic E-state index is 13.1. The Kier molecular flexibility index (Phi) is 7.38. The van der Waals surface area contributed by atoms with Crippen molar-refractivity contribution in [2.45, 2.75) is 37.1 Å². The highest BCUT2D eigenvalue weighted by Gasteiger charge is 2.44. The first-order chi connectivity index (χ1) is 16.4. The molecule has 4 rings (SSSR count). The van der Waals surface area contributed by atoms with E-state index in [1.54, 1.807) is 31.4 Å². The Bertz CT molecular complexity index is 1050. The fourth-order valence-electron chi connectivity index (χ4n) is 4.53. The first-order valence-electron chi connectivity index (χ1n) is 11.3. The quantitative estimate of drug-likeness (QED) is 0.555.